The van der Waals surface area contributed by atoms with Gasteiger partial charge >= 0.3 is 5.97 Å². The van der Waals surface area contributed by atoms with Gasteiger partial charge in [-0.2, -0.15) is 18.6 Å². The van der Waals surface area contributed by atoms with Gasteiger partial charge in [-0.05, 0) is 223 Å². The number of nitrogens with zero attached hydrogens (tertiary/aromatic N) is 10. The maximum absolute atomic E-state index is 12.9. The number of pyridine rings is 2. The van der Waals surface area contributed by atoms with E-state index in [9.17, 15) is 26.4 Å². The lowest BCUT2D eigenvalue weighted by atomic mass is 9.89. The summed E-state index contributed by atoms with van der Waals surface area (Å²) in [6.45, 7) is 12.0. The number of nitrogens with two attached hydrogens (primary N) is 1. The maximum atomic E-state index is 12.9. The largest absolute Gasteiger partial charge is 0.478 e. The zero-order chi connectivity index (χ0) is 61.7. The second kappa shape index (κ2) is 27.5. The fourth-order valence-electron chi connectivity index (χ4n) is 13.1. The average Bonchev–Trinajstić information content (AvgIpc) is 3.83. The topological polar surface area (TPSA) is 276 Å². The highest BCUT2D eigenvalue weighted by Crippen LogP contribution is 2.52. The van der Waals surface area contributed by atoms with E-state index in [-0.39, 0.29) is 31.5 Å². The van der Waals surface area contributed by atoms with Gasteiger partial charge in [0.25, 0.3) is 26.0 Å². The molecule has 0 spiro atoms. The summed E-state index contributed by atoms with van der Waals surface area (Å²) in [4.78, 5) is 32.2. The van der Waals surface area contributed by atoms with Crippen molar-refractivity contribution >= 4 is 55.1 Å². The van der Waals surface area contributed by atoms with Crippen molar-refractivity contribution in [3.8, 4) is 23.4 Å². The molecule has 2 atom stereocenters. The summed E-state index contributed by atoms with van der Waals surface area (Å²) in [5.74, 6) is 6.63. The summed E-state index contributed by atoms with van der Waals surface area (Å²) in [6, 6.07) is 12.4. The zero-order valence-electron chi connectivity index (χ0n) is 50.4. The molecule has 0 saturated heterocycles. The van der Waals surface area contributed by atoms with Gasteiger partial charge in [0.05, 0.1) is 24.3 Å². The number of hydrogen-bond acceptors (Lipinski definition) is 14. The average molecular weight is 1280 g/mol. The number of carbonyl (C=O) groups excluding carboxylic acids is 1. The Morgan fingerprint density at radius 1 is 0.609 bits per heavy atom. The van der Waals surface area contributed by atoms with E-state index >= 15 is 0 Å². The molecule has 6 saturated carbocycles. The van der Waals surface area contributed by atoms with Crippen molar-refractivity contribution < 1.29 is 41.0 Å². The van der Waals surface area contributed by atoms with Gasteiger partial charge in [-0.3, -0.25) is 14.2 Å². The molecule has 0 aliphatic heterocycles. The van der Waals surface area contributed by atoms with Crippen LogP contribution in [0.4, 0.5) is 0 Å². The molecule has 21 nitrogen and oxygen atoms in total. The third-order valence-corrected chi connectivity index (χ3v) is 20.8. The highest BCUT2D eigenvalue weighted by atomic mass is 35.5. The highest BCUT2D eigenvalue weighted by Gasteiger charge is 2.42. The molecule has 1 amide bonds. The van der Waals surface area contributed by atoms with Gasteiger partial charge in [0.15, 0.2) is 21.7 Å². The summed E-state index contributed by atoms with van der Waals surface area (Å²) in [5.41, 5.74) is 0.819. The molecule has 6 aliphatic carbocycles. The first-order chi connectivity index (χ1) is 41.4. The van der Waals surface area contributed by atoms with Crippen LogP contribution in [-0.4, -0.2) is 96.1 Å². The number of halogens is 2. The number of carbonyl (C=O) groups is 2. The highest BCUT2D eigenvalue weighted by molar-refractivity contribution is 7.90. The van der Waals surface area contributed by atoms with E-state index in [1.54, 1.807) is 58.4 Å². The zero-order valence-corrected chi connectivity index (χ0v) is 53.5. The number of aromatic carboxylic acids is 1. The SMILES string of the molecule is CC1(C)CCC(CCCn2ccc(S(=O)(=O)NC(=O)c3ccc(-n4ccc(OCCC(C5CC5)C5CC5)n4)nc3Cl)n2)C1.CC1(C)CCC(CCCn2ccc(S(N)(=O)=O)n2)C1.O=C(O)c1ccc(-n2ccc(OCCC(C3CC3)C3CC3)n2)nc1Cl. The van der Waals surface area contributed by atoms with E-state index in [0.29, 0.717) is 59.9 Å². The first-order valence-corrected chi connectivity index (χ1v) is 34.8. The molecule has 12 rings (SSSR count). The van der Waals surface area contributed by atoms with Crippen molar-refractivity contribution in [1.82, 2.24) is 53.8 Å². The minimum atomic E-state index is -4.19. The van der Waals surface area contributed by atoms with Gasteiger partial charge in [0.1, 0.15) is 10.3 Å². The first-order valence-electron chi connectivity index (χ1n) is 31.1. The van der Waals surface area contributed by atoms with E-state index in [2.05, 4.69) is 62.8 Å². The number of amides is 1. The van der Waals surface area contributed by atoms with Crippen molar-refractivity contribution in [3.05, 3.63) is 94.8 Å². The number of aromatic nitrogens is 10. The predicted octanol–water partition coefficient (Wildman–Crippen LogP) is 12.0. The van der Waals surface area contributed by atoms with Crippen molar-refractivity contribution in [2.24, 2.45) is 63.3 Å². The first kappa shape index (κ1) is 64.1. The smallest absolute Gasteiger partial charge is 0.338 e. The van der Waals surface area contributed by atoms with Crippen molar-refractivity contribution in [2.75, 3.05) is 13.2 Å². The third-order valence-electron chi connectivity index (χ3n) is 18.2. The molecule has 0 bridgehead atoms. The molecule has 2 unspecified atom stereocenters. The summed E-state index contributed by atoms with van der Waals surface area (Å²) in [7, 11) is -7.86. The molecule has 0 aromatic carbocycles. The molecule has 4 N–H and O–H groups in total. The molecular formula is C62H84Cl2N12O9S2. The Balaban J connectivity index is 0.000000160. The molecule has 87 heavy (non-hydrogen) atoms. The Morgan fingerprint density at radius 3 is 1.41 bits per heavy atom. The van der Waals surface area contributed by atoms with E-state index < -0.39 is 31.9 Å². The lowest BCUT2D eigenvalue weighted by Gasteiger charge is -2.17. The van der Waals surface area contributed by atoms with Crippen LogP contribution >= 0.6 is 23.2 Å². The second-order valence-corrected chi connectivity index (χ2v) is 30.5. The molecule has 6 aliphatic rings. The van der Waals surface area contributed by atoms with Gasteiger partial charge in [0, 0.05) is 50.0 Å². The Hall–Kier alpha value is -5.88. The maximum Gasteiger partial charge on any atom is 0.338 e. The quantitative estimate of drug-likeness (QED) is 0.0404. The van der Waals surface area contributed by atoms with Crippen LogP contribution in [0.25, 0.3) is 11.6 Å². The Labute approximate surface area is 521 Å². The third kappa shape index (κ3) is 18.4. The Morgan fingerprint density at radius 2 is 1.03 bits per heavy atom. The van der Waals surface area contributed by atoms with Crippen molar-refractivity contribution in [1.29, 1.82) is 0 Å². The summed E-state index contributed by atoms with van der Waals surface area (Å²) in [5, 5.41) is 30.5. The van der Waals surface area contributed by atoms with Crippen LogP contribution in [0.2, 0.25) is 10.3 Å². The lowest BCUT2D eigenvalue weighted by Crippen LogP contribution is -2.31. The minimum absolute atomic E-state index is 0.0276. The number of sulfonamides is 2. The molecule has 25 heteroatoms. The Bertz CT molecular complexity index is 3540. The van der Waals surface area contributed by atoms with Crippen LogP contribution in [0.5, 0.6) is 11.8 Å². The van der Waals surface area contributed by atoms with Crippen LogP contribution in [0.15, 0.2) is 83.4 Å². The number of rotatable bonds is 27. The molecule has 6 aromatic heterocycles. The Kier molecular flexibility index (Phi) is 20.2. The standard InChI is InChI=1S/C31H41ClN6O4S.C18H20ClN3O3.C13H23N3O2S/c1-31(2)15-11-21(20-31)4-3-16-37-17-13-28(35-37)43(40,41)36-30(39)25-9-10-26(33-29(25)32)38-18-12-27(34-38)42-19-14-24(22-5-6-22)23-7-8-23;19-17-14(18(23)24)5-6-15(20-17)22-9-7-16(21-22)25-10-8-13(11-1-2-11)12-3-4-12;1-13(2)7-5-11(10-13)4-3-8-16-9-6-12(15-16)19(14,17)18/h9-10,12-13,17-18,21-24H,3-8,11,14-16,19-20H2,1-2H3,(H,36,39);5-7,9,11-13H,1-4,8,10H2,(H,23,24);6,9,11H,3-5,7-8,10H2,1-2H3,(H2,14,17,18). The van der Waals surface area contributed by atoms with Crippen LogP contribution in [0.1, 0.15) is 177 Å². The van der Waals surface area contributed by atoms with Gasteiger partial charge in [-0.15, -0.1) is 10.2 Å². The normalized spacial score (nSPS) is 19.8. The van der Waals surface area contributed by atoms with Gasteiger partial charge in [-0.25, -0.2) is 42.4 Å². The van der Waals surface area contributed by atoms with Gasteiger partial charge < -0.3 is 14.6 Å². The van der Waals surface area contributed by atoms with Gasteiger partial charge in [-0.1, -0.05) is 50.9 Å². The minimum Gasteiger partial charge on any atom is -0.478 e. The molecule has 6 heterocycles. The number of nitrogens with one attached hydrogen (secondary N) is 1. The van der Waals surface area contributed by atoms with E-state index in [1.807, 2.05) is 0 Å². The van der Waals surface area contributed by atoms with E-state index in [1.165, 1.54) is 130 Å². The van der Waals surface area contributed by atoms with Crippen molar-refractivity contribution in [3.63, 3.8) is 0 Å². The molecule has 0 radical (unpaired) electrons. The van der Waals surface area contributed by atoms with E-state index in [4.69, 9.17) is 42.9 Å². The van der Waals surface area contributed by atoms with Crippen LogP contribution in [-0.2, 0) is 33.1 Å². The van der Waals surface area contributed by atoms with Gasteiger partial charge in [0.2, 0.25) is 11.8 Å². The summed E-state index contributed by atoms with van der Waals surface area (Å²) < 4.78 is 68.1. The van der Waals surface area contributed by atoms with E-state index in [0.717, 1.165) is 80.1 Å². The summed E-state index contributed by atoms with van der Waals surface area (Å²) >= 11 is 12.2. The predicted molar refractivity (Wildman–Crippen MR) is 329 cm³/mol. The fraction of sp³-hybridized carbons (Fsp3) is 0.613. The van der Waals surface area contributed by atoms with Crippen LogP contribution in [0.3, 0.4) is 0 Å². The lowest BCUT2D eigenvalue weighted by molar-refractivity contribution is 0.0696. The fourth-order valence-corrected chi connectivity index (χ4v) is 14.9. The molecule has 6 fully saturated rings. The summed E-state index contributed by atoms with van der Waals surface area (Å²) in [6.07, 6.45) is 31.7. The van der Waals surface area contributed by atoms with Crippen LogP contribution in [0, 0.1) is 58.2 Å². The number of carboxylic acids is 1. The van der Waals surface area contributed by atoms with Crippen molar-refractivity contribution in [2.45, 2.75) is 179 Å². The second-order valence-electron chi connectivity index (χ2n) is 26.6. The number of hydrogen-bond donors (Lipinski definition) is 3. The molecule has 6 aromatic rings. The molecular weight excluding hydrogens is 1190 g/mol. The number of carboxylic acid groups (broad SMARTS) is 1. The number of aryl methyl sites for hydroxylation is 2. The molecule has 472 valence electrons. The number of primary sulfonamides is 1. The number of ether oxygens (including phenoxy) is 2. The van der Waals surface area contributed by atoms with Crippen LogP contribution < -0.4 is 19.3 Å². The monoisotopic (exact) mass is 1270 g/mol.